The molecule has 3 nitrogen and oxygen atoms in total. The molecule has 4 heteroatoms. The van der Waals surface area contributed by atoms with Gasteiger partial charge in [-0.15, -0.1) is 11.8 Å². The van der Waals surface area contributed by atoms with Crippen molar-refractivity contribution >= 4 is 17.7 Å². The molecule has 0 aliphatic heterocycles. The zero-order chi connectivity index (χ0) is 15.5. The first kappa shape index (κ1) is 15.7. The van der Waals surface area contributed by atoms with Crippen molar-refractivity contribution in [1.82, 2.24) is 5.32 Å². The highest BCUT2D eigenvalue weighted by Crippen LogP contribution is 2.49. The number of hydrogen-bond donors (Lipinski definition) is 1. The molecule has 1 aromatic rings. The molecule has 2 aliphatic rings. The summed E-state index contributed by atoms with van der Waals surface area (Å²) in [6.07, 6.45) is 5.49. The Hall–Kier alpha value is -1.16. The number of fused-ring (bicyclic) bond motifs is 2. The predicted octanol–water partition coefficient (Wildman–Crippen LogP) is 3.73. The van der Waals surface area contributed by atoms with Crippen LogP contribution in [0.3, 0.4) is 0 Å². The smallest absolute Gasteiger partial charge is 0.230 e. The minimum absolute atomic E-state index is 0.149. The molecule has 2 aliphatic carbocycles. The van der Waals surface area contributed by atoms with Gasteiger partial charge in [-0.25, -0.2) is 0 Å². The van der Waals surface area contributed by atoms with Gasteiger partial charge in [-0.3, -0.25) is 4.79 Å². The fraction of sp³-hybridized carbons (Fsp3) is 0.611. The summed E-state index contributed by atoms with van der Waals surface area (Å²) in [6, 6.07) is 8.17. The van der Waals surface area contributed by atoms with E-state index in [4.69, 9.17) is 4.74 Å². The van der Waals surface area contributed by atoms with Gasteiger partial charge in [0.1, 0.15) is 5.75 Å². The van der Waals surface area contributed by atoms with Crippen LogP contribution in [-0.2, 0) is 4.79 Å². The summed E-state index contributed by atoms with van der Waals surface area (Å²) in [6.45, 7) is 2.18. The molecule has 4 unspecified atom stereocenters. The number of thioether (sulfide) groups is 1. The number of hydrogen-bond acceptors (Lipinski definition) is 3. The minimum Gasteiger partial charge on any atom is -0.497 e. The zero-order valence-corrected chi connectivity index (χ0v) is 14.2. The maximum absolute atomic E-state index is 12.2. The Labute approximate surface area is 137 Å². The molecule has 4 atom stereocenters. The van der Waals surface area contributed by atoms with Gasteiger partial charge in [0.05, 0.1) is 12.9 Å². The number of amides is 1. The summed E-state index contributed by atoms with van der Waals surface area (Å²) in [4.78, 5) is 13.3. The van der Waals surface area contributed by atoms with Gasteiger partial charge in [-0.05, 0) is 68.2 Å². The second kappa shape index (κ2) is 6.95. The van der Waals surface area contributed by atoms with Crippen LogP contribution in [0.2, 0.25) is 0 Å². The first-order chi connectivity index (χ1) is 10.7. The number of rotatable bonds is 6. The van der Waals surface area contributed by atoms with E-state index in [1.807, 2.05) is 24.3 Å². The molecular formula is C18H25NO2S. The standard InChI is InChI=1S/C18H25NO2S/c1-12(17-10-13-3-4-14(17)9-13)19-18(20)11-22-16-7-5-15(21-2)6-8-16/h5-8,12-14,17H,3-4,9-11H2,1-2H3,(H,19,20). The van der Waals surface area contributed by atoms with Crippen LogP contribution in [0.4, 0.5) is 0 Å². The number of carbonyl (C=O) groups excluding carboxylic acids is 1. The van der Waals surface area contributed by atoms with Gasteiger partial charge < -0.3 is 10.1 Å². The van der Waals surface area contributed by atoms with E-state index >= 15 is 0 Å². The predicted molar refractivity (Wildman–Crippen MR) is 90.3 cm³/mol. The van der Waals surface area contributed by atoms with Gasteiger partial charge in [0.25, 0.3) is 0 Å². The largest absolute Gasteiger partial charge is 0.497 e. The summed E-state index contributed by atoms with van der Waals surface area (Å²) in [5.41, 5.74) is 0. The van der Waals surface area contributed by atoms with Crippen molar-refractivity contribution in [2.45, 2.75) is 43.5 Å². The number of nitrogens with one attached hydrogen (secondary N) is 1. The molecular weight excluding hydrogens is 294 g/mol. The van der Waals surface area contributed by atoms with Gasteiger partial charge >= 0.3 is 0 Å². The summed E-state index contributed by atoms with van der Waals surface area (Å²) in [5, 5.41) is 3.22. The SMILES string of the molecule is COc1ccc(SCC(=O)NC(C)C2CC3CCC2C3)cc1. The topological polar surface area (TPSA) is 38.3 Å². The van der Waals surface area contributed by atoms with E-state index in [9.17, 15) is 4.79 Å². The highest BCUT2D eigenvalue weighted by Gasteiger charge is 2.42. The van der Waals surface area contributed by atoms with Crippen LogP contribution in [0, 0.1) is 17.8 Å². The second-order valence-electron chi connectivity index (χ2n) is 6.66. The van der Waals surface area contributed by atoms with Gasteiger partial charge in [-0.1, -0.05) is 6.42 Å². The van der Waals surface area contributed by atoms with Crippen molar-refractivity contribution in [1.29, 1.82) is 0 Å². The second-order valence-corrected chi connectivity index (χ2v) is 7.71. The average Bonchev–Trinajstić information content (AvgIpc) is 3.16. The third-order valence-electron chi connectivity index (χ3n) is 5.25. The Morgan fingerprint density at radius 3 is 2.68 bits per heavy atom. The van der Waals surface area contributed by atoms with Crippen molar-refractivity contribution in [3.8, 4) is 5.75 Å². The normalized spacial score (nSPS) is 27.6. The molecule has 1 aromatic carbocycles. The van der Waals surface area contributed by atoms with Gasteiger partial charge in [0, 0.05) is 10.9 Å². The van der Waals surface area contributed by atoms with Gasteiger partial charge in [0.15, 0.2) is 0 Å². The van der Waals surface area contributed by atoms with Gasteiger partial charge in [-0.2, -0.15) is 0 Å². The number of ether oxygens (including phenoxy) is 1. The Kier molecular flexibility index (Phi) is 4.97. The molecule has 1 amide bonds. The fourth-order valence-corrected chi connectivity index (χ4v) is 4.84. The van der Waals surface area contributed by atoms with E-state index in [-0.39, 0.29) is 5.91 Å². The van der Waals surface area contributed by atoms with Crippen molar-refractivity contribution in [2.24, 2.45) is 17.8 Å². The molecule has 2 bridgehead atoms. The first-order valence-electron chi connectivity index (χ1n) is 8.22. The Morgan fingerprint density at radius 2 is 2.09 bits per heavy atom. The fourth-order valence-electron chi connectivity index (χ4n) is 4.13. The number of methoxy groups -OCH3 is 1. The molecule has 3 rings (SSSR count). The van der Waals surface area contributed by atoms with Gasteiger partial charge in [0.2, 0.25) is 5.91 Å². The number of carbonyl (C=O) groups is 1. The Morgan fingerprint density at radius 1 is 1.32 bits per heavy atom. The summed E-state index contributed by atoms with van der Waals surface area (Å²) in [5.74, 6) is 3.97. The Bertz CT molecular complexity index is 516. The molecule has 0 saturated heterocycles. The third kappa shape index (κ3) is 3.60. The van der Waals surface area contributed by atoms with E-state index < -0.39 is 0 Å². The van der Waals surface area contributed by atoms with Crippen molar-refractivity contribution in [2.75, 3.05) is 12.9 Å². The molecule has 22 heavy (non-hydrogen) atoms. The quantitative estimate of drug-likeness (QED) is 0.812. The first-order valence-corrected chi connectivity index (χ1v) is 9.20. The molecule has 2 saturated carbocycles. The minimum atomic E-state index is 0.149. The maximum Gasteiger partial charge on any atom is 0.230 e. The van der Waals surface area contributed by atoms with E-state index in [2.05, 4.69) is 12.2 Å². The number of benzene rings is 1. The lowest BCUT2D eigenvalue weighted by Crippen LogP contribution is -2.40. The zero-order valence-electron chi connectivity index (χ0n) is 13.4. The lowest BCUT2D eigenvalue weighted by molar-refractivity contribution is -0.119. The van der Waals surface area contributed by atoms with E-state index in [0.717, 1.165) is 22.5 Å². The summed E-state index contributed by atoms with van der Waals surface area (Å²) in [7, 11) is 1.66. The van der Waals surface area contributed by atoms with Crippen LogP contribution < -0.4 is 10.1 Å². The lowest BCUT2D eigenvalue weighted by atomic mass is 9.84. The molecule has 1 N–H and O–H groups in total. The van der Waals surface area contributed by atoms with Crippen molar-refractivity contribution < 1.29 is 9.53 Å². The van der Waals surface area contributed by atoms with Crippen molar-refractivity contribution in [3.05, 3.63) is 24.3 Å². The van der Waals surface area contributed by atoms with Crippen LogP contribution in [0.5, 0.6) is 5.75 Å². The van der Waals surface area contributed by atoms with Crippen molar-refractivity contribution in [3.63, 3.8) is 0 Å². The highest BCUT2D eigenvalue weighted by atomic mass is 32.2. The Balaban J connectivity index is 1.43. The van der Waals surface area contributed by atoms with Crippen LogP contribution in [0.25, 0.3) is 0 Å². The molecule has 0 heterocycles. The van der Waals surface area contributed by atoms with E-state index in [0.29, 0.717) is 17.7 Å². The van der Waals surface area contributed by atoms with Crippen LogP contribution in [0.1, 0.15) is 32.6 Å². The van der Waals surface area contributed by atoms with Crippen LogP contribution in [0.15, 0.2) is 29.2 Å². The summed E-state index contributed by atoms with van der Waals surface area (Å²) < 4.78 is 5.14. The average molecular weight is 319 g/mol. The molecule has 2 fully saturated rings. The third-order valence-corrected chi connectivity index (χ3v) is 6.27. The lowest BCUT2D eigenvalue weighted by Gasteiger charge is -2.28. The highest BCUT2D eigenvalue weighted by molar-refractivity contribution is 8.00. The monoisotopic (exact) mass is 319 g/mol. The maximum atomic E-state index is 12.2. The molecule has 0 spiro atoms. The van der Waals surface area contributed by atoms with Crippen LogP contribution in [-0.4, -0.2) is 24.8 Å². The summed E-state index contributed by atoms with van der Waals surface area (Å²) >= 11 is 1.58. The molecule has 0 aromatic heterocycles. The van der Waals surface area contributed by atoms with Crippen LogP contribution >= 0.6 is 11.8 Å². The van der Waals surface area contributed by atoms with E-state index in [1.54, 1.807) is 18.9 Å². The van der Waals surface area contributed by atoms with E-state index in [1.165, 1.54) is 25.7 Å². The molecule has 120 valence electrons. The molecule has 0 radical (unpaired) electrons.